The fourth-order valence-electron chi connectivity index (χ4n) is 4.94. The van der Waals surface area contributed by atoms with Gasteiger partial charge in [0.15, 0.2) is 0 Å². The van der Waals surface area contributed by atoms with E-state index in [0.717, 1.165) is 39.7 Å². The number of rotatable bonds is 9. The van der Waals surface area contributed by atoms with E-state index in [1.807, 2.05) is 18.2 Å². The van der Waals surface area contributed by atoms with E-state index in [1.165, 1.54) is 22.3 Å². The fraction of sp³-hybridized carbons (Fsp3) is 0.400. The summed E-state index contributed by atoms with van der Waals surface area (Å²) in [6.45, 7) is 26.0. The van der Waals surface area contributed by atoms with Crippen LogP contribution in [0, 0.1) is 0 Å². The number of halogens is 2. The van der Waals surface area contributed by atoms with Crippen LogP contribution < -0.4 is 24.8 Å². The normalized spacial score (nSPS) is 11.9. The van der Waals surface area contributed by atoms with Gasteiger partial charge in [0.05, 0.1) is 34.2 Å². The van der Waals surface area contributed by atoms with Crippen molar-refractivity contribution < 1.29 is 41.9 Å². The summed E-state index contributed by atoms with van der Waals surface area (Å²) in [7, 11) is 0. The third-order valence-corrected chi connectivity index (χ3v) is 7.09. The zero-order valence-electron chi connectivity index (χ0n) is 26.2. The van der Waals surface area contributed by atoms with Crippen molar-refractivity contribution in [1.29, 1.82) is 0 Å². The molecule has 1 heterocycles. The minimum Gasteiger partial charge on any atom is -1.00 e. The molecule has 0 fully saturated rings. The number of aliphatic imine (C=N–C) groups is 2. The maximum atomic E-state index is 5.21. The van der Waals surface area contributed by atoms with E-state index in [1.54, 1.807) is 0 Å². The van der Waals surface area contributed by atoms with Gasteiger partial charge in [-0.15, -0.1) is 0 Å². The average Bonchev–Trinajstić information content (AvgIpc) is 2.87. The summed E-state index contributed by atoms with van der Waals surface area (Å²) in [5.74, 6) is 1.48. The molecular formula is C35H45Cl2FeN3. The predicted molar refractivity (Wildman–Crippen MR) is 167 cm³/mol. The Morgan fingerprint density at radius 3 is 1.46 bits per heavy atom. The molecule has 0 aliphatic rings. The van der Waals surface area contributed by atoms with E-state index in [9.17, 15) is 0 Å². The SMILES string of the molecule is C=Cc1ccc(C(C)C)c(N=C(C)c2cccc(C(C)=Nc3c(C(C)C)cccc3C(C)C)n2)c1C(C)C.[Cl-].[Cl-].[Fe+2]. The van der Waals surface area contributed by atoms with Crippen LogP contribution in [0.25, 0.3) is 6.08 Å². The van der Waals surface area contributed by atoms with E-state index in [0.29, 0.717) is 23.7 Å². The molecule has 0 aliphatic carbocycles. The fourth-order valence-corrected chi connectivity index (χ4v) is 4.94. The molecule has 3 rings (SSSR count). The first kappa shape index (κ1) is 38.8. The molecule has 0 N–H and O–H groups in total. The van der Waals surface area contributed by atoms with Crippen molar-refractivity contribution in [2.75, 3.05) is 0 Å². The molecular weight excluding hydrogens is 589 g/mol. The van der Waals surface area contributed by atoms with E-state index in [-0.39, 0.29) is 41.9 Å². The number of hydrogen-bond donors (Lipinski definition) is 0. The first-order valence-corrected chi connectivity index (χ1v) is 14.0. The van der Waals surface area contributed by atoms with Crippen molar-refractivity contribution in [2.45, 2.75) is 92.9 Å². The number of nitrogens with zero attached hydrogens (tertiary/aromatic N) is 3. The van der Waals surface area contributed by atoms with Crippen LogP contribution in [-0.4, -0.2) is 16.4 Å². The number of benzene rings is 2. The molecule has 0 amide bonds. The quantitative estimate of drug-likeness (QED) is 0.253. The van der Waals surface area contributed by atoms with Gasteiger partial charge >= 0.3 is 17.1 Å². The van der Waals surface area contributed by atoms with Crippen molar-refractivity contribution >= 4 is 28.9 Å². The first-order chi connectivity index (χ1) is 18.0. The summed E-state index contributed by atoms with van der Waals surface area (Å²) < 4.78 is 0. The van der Waals surface area contributed by atoms with Crippen molar-refractivity contribution in [3.8, 4) is 0 Å². The van der Waals surface area contributed by atoms with Gasteiger partial charge in [0, 0.05) is 0 Å². The van der Waals surface area contributed by atoms with E-state index in [4.69, 9.17) is 15.0 Å². The van der Waals surface area contributed by atoms with Gasteiger partial charge in [-0.2, -0.15) is 0 Å². The summed E-state index contributed by atoms with van der Waals surface area (Å²) in [5.41, 5.74) is 11.9. The van der Waals surface area contributed by atoms with Crippen LogP contribution in [0.4, 0.5) is 11.4 Å². The largest absolute Gasteiger partial charge is 2.00 e. The Hall–Kier alpha value is -2.23. The maximum Gasteiger partial charge on any atom is 2.00 e. The zero-order chi connectivity index (χ0) is 28.1. The molecule has 3 aromatic rings. The number of hydrogen-bond acceptors (Lipinski definition) is 3. The third kappa shape index (κ3) is 9.13. The Morgan fingerprint density at radius 1 is 0.634 bits per heavy atom. The molecule has 41 heavy (non-hydrogen) atoms. The standard InChI is InChI=1S/C35H45N3.2ClH.Fe/c1-12-27-19-20-30(23(6)7)35(33(27)24(8)9)37-26(11)32-18-14-17-31(38-32)25(10)36-34-28(21(2)3)15-13-16-29(34)22(4)5;;;/h12-24H,1H2,2-11H3;2*1H;/q;;;+2/p-2. The van der Waals surface area contributed by atoms with Crippen molar-refractivity contribution in [3.05, 3.63) is 94.3 Å². The van der Waals surface area contributed by atoms with Crippen LogP contribution in [0.3, 0.4) is 0 Å². The van der Waals surface area contributed by atoms with Crippen LogP contribution in [0.1, 0.15) is 132 Å². The van der Waals surface area contributed by atoms with Crippen LogP contribution in [0.2, 0.25) is 0 Å². The Bertz CT molecular complexity index is 1350. The van der Waals surface area contributed by atoms with Gasteiger partial charge in [0.1, 0.15) is 0 Å². The Kier molecular flexibility index (Phi) is 16.1. The summed E-state index contributed by atoms with van der Waals surface area (Å²) in [6.07, 6.45) is 1.94. The van der Waals surface area contributed by atoms with Crippen LogP contribution in [-0.2, 0) is 17.1 Å². The summed E-state index contributed by atoms with van der Waals surface area (Å²) in [4.78, 5) is 15.4. The molecule has 6 heteroatoms. The molecule has 1 aromatic heterocycles. The Morgan fingerprint density at radius 2 is 1.05 bits per heavy atom. The Labute approximate surface area is 271 Å². The molecule has 0 saturated carbocycles. The second-order valence-electron chi connectivity index (χ2n) is 11.4. The monoisotopic (exact) mass is 633 g/mol. The second kappa shape index (κ2) is 17.0. The van der Waals surface area contributed by atoms with E-state index < -0.39 is 0 Å². The second-order valence-corrected chi connectivity index (χ2v) is 11.4. The molecule has 0 atom stereocenters. The van der Waals surface area contributed by atoms with Gasteiger partial charge in [-0.25, -0.2) is 4.98 Å². The predicted octanol–water partition coefficient (Wildman–Crippen LogP) is 4.51. The number of aromatic nitrogens is 1. The van der Waals surface area contributed by atoms with E-state index >= 15 is 0 Å². The summed E-state index contributed by atoms with van der Waals surface area (Å²) in [5, 5.41) is 0. The zero-order valence-corrected chi connectivity index (χ0v) is 28.8. The van der Waals surface area contributed by atoms with Gasteiger partial charge in [-0.1, -0.05) is 104 Å². The van der Waals surface area contributed by atoms with Crippen molar-refractivity contribution in [3.63, 3.8) is 0 Å². The van der Waals surface area contributed by atoms with Gasteiger partial charge in [-0.05, 0) is 77.5 Å². The first-order valence-electron chi connectivity index (χ1n) is 14.0. The van der Waals surface area contributed by atoms with E-state index in [2.05, 4.69) is 112 Å². The molecule has 222 valence electrons. The molecule has 0 aliphatic heterocycles. The van der Waals surface area contributed by atoms with Crippen LogP contribution in [0.5, 0.6) is 0 Å². The number of pyridine rings is 1. The molecule has 0 spiro atoms. The summed E-state index contributed by atoms with van der Waals surface area (Å²) >= 11 is 0. The van der Waals surface area contributed by atoms with Gasteiger partial charge in [0.2, 0.25) is 0 Å². The molecule has 0 unspecified atom stereocenters. The minimum absolute atomic E-state index is 0. The Balaban J connectivity index is 0.00000533. The molecule has 0 radical (unpaired) electrons. The van der Waals surface area contributed by atoms with Gasteiger partial charge < -0.3 is 24.8 Å². The van der Waals surface area contributed by atoms with Gasteiger partial charge in [0.25, 0.3) is 0 Å². The molecule has 0 bridgehead atoms. The summed E-state index contributed by atoms with van der Waals surface area (Å²) in [6, 6.07) is 17.0. The van der Waals surface area contributed by atoms with Crippen LogP contribution >= 0.6 is 0 Å². The molecule has 3 nitrogen and oxygen atoms in total. The van der Waals surface area contributed by atoms with Gasteiger partial charge in [-0.3, -0.25) is 9.98 Å². The van der Waals surface area contributed by atoms with Crippen molar-refractivity contribution in [1.82, 2.24) is 4.98 Å². The van der Waals surface area contributed by atoms with Crippen LogP contribution in [0.15, 0.2) is 65.1 Å². The third-order valence-electron chi connectivity index (χ3n) is 7.09. The van der Waals surface area contributed by atoms with Crippen molar-refractivity contribution in [2.24, 2.45) is 9.98 Å². The minimum atomic E-state index is 0. The molecule has 0 saturated heterocycles. The molecule has 2 aromatic carbocycles. The average molecular weight is 635 g/mol. The maximum absolute atomic E-state index is 5.21. The smallest absolute Gasteiger partial charge is 1.00 e. The topological polar surface area (TPSA) is 37.6 Å². The number of para-hydroxylation sites is 1.